The van der Waals surface area contributed by atoms with Gasteiger partial charge in [-0.15, -0.1) is 11.3 Å². The minimum atomic E-state index is -0.142. The van der Waals surface area contributed by atoms with Crippen LogP contribution in [0.1, 0.15) is 61.9 Å². The molecule has 6 nitrogen and oxygen atoms in total. The molecule has 0 spiro atoms. The SMILES string of the molecule is O=C(CN(CCO)CCO)Nc1nc2c(s1)CCCCCCCCCC2. The van der Waals surface area contributed by atoms with E-state index in [0.29, 0.717) is 18.2 Å². The second kappa shape index (κ2) is 12.4. The fourth-order valence-electron chi connectivity index (χ4n) is 3.38. The first-order chi connectivity index (χ1) is 12.7. The van der Waals surface area contributed by atoms with Crippen molar-refractivity contribution in [3.63, 3.8) is 0 Å². The molecule has 1 aliphatic rings. The number of aryl methyl sites for hydroxylation is 2. The van der Waals surface area contributed by atoms with Crippen LogP contribution in [-0.2, 0) is 17.6 Å². The van der Waals surface area contributed by atoms with Crippen LogP contribution >= 0.6 is 11.3 Å². The van der Waals surface area contributed by atoms with Crippen LogP contribution in [0.15, 0.2) is 0 Å². The predicted octanol–water partition coefficient (Wildman–Crippen LogP) is 2.59. The van der Waals surface area contributed by atoms with Crippen LogP contribution in [0.4, 0.5) is 5.13 Å². The first kappa shape index (κ1) is 21.3. The van der Waals surface area contributed by atoms with Crippen molar-refractivity contribution in [1.29, 1.82) is 0 Å². The number of carbonyl (C=O) groups is 1. The van der Waals surface area contributed by atoms with Gasteiger partial charge in [-0.25, -0.2) is 4.98 Å². The van der Waals surface area contributed by atoms with Crippen molar-refractivity contribution < 1.29 is 15.0 Å². The van der Waals surface area contributed by atoms with Crippen molar-refractivity contribution in [2.75, 3.05) is 38.2 Å². The van der Waals surface area contributed by atoms with E-state index in [2.05, 4.69) is 10.3 Å². The number of anilines is 1. The molecule has 2 rings (SSSR count). The summed E-state index contributed by atoms with van der Waals surface area (Å²) in [4.78, 5) is 20.0. The highest BCUT2D eigenvalue weighted by molar-refractivity contribution is 7.15. The average Bonchev–Trinajstić information content (AvgIpc) is 2.96. The number of aromatic nitrogens is 1. The molecule has 0 fully saturated rings. The summed E-state index contributed by atoms with van der Waals surface area (Å²) in [5, 5.41) is 21.7. The predicted molar refractivity (Wildman–Crippen MR) is 106 cm³/mol. The van der Waals surface area contributed by atoms with Crippen molar-refractivity contribution in [3.05, 3.63) is 10.6 Å². The number of rotatable bonds is 7. The molecule has 1 aromatic heterocycles. The number of fused-ring (bicyclic) bond motifs is 1. The van der Waals surface area contributed by atoms with Gasteiger partial charge < -0.3 is 15.5 Å². The molecule has 7 heteroatoms. The summed E-state index contributed by atoms with van der Waals surface area (Å²) >= 11 is 1.61. The Morgan fingerprint density at radius 1 is 0.962 bits per heavy atom. The zero-order chi connectivity index (χ0) is 18.6. The third kappa shape index (κ3) is 7.70. The smallest absolute Gasteiger partial charge is 0.240 e. The zero-order valence-electron chi connectivity index (χ0n) is 15.7. The molecule has 0 radical (unpaired) electrons. The van der Waals surface area contributed by atoms with Crippen LogP contribution in [-0.4, -0.2) is 58.9 Å². The average molecular weight is 384 g/mol. The molecule has 0 aromatic carbocycles. The maximum atomic E-state index is 12.3. The molecule has 0 unspecified atom stereocenters. The molecule has 148 valence electrons. The number of nitrogens with zero attached hydrogens (tertiary/aromatic N) is 2. The van der Waals surface area contributed by atoms with E-state index in [1.807, 2.05) is 0 Å². The van der Waals surface area contributed by atoms with Crippen LogP contribution in [0.5, 0.6) is 0 Å². The van der Waals surface area contributed by atoms with E-state index >= 15 is 0 Å². The largest absolute Gasteiger partial charge is 0.395 e. The number of thiazole rings is 1. The summed E-state index contributed by atoms with van der Waals surface area (Å²) in [6.07, 6.45) is 12.3. The Balaban J connectivity index is 1.94. The second-order valence-corrected chi connectivity index (χ2v) is 8.07. The van der Waals surface area contributed by atoms with Gasteiger partial charge in [0.25, 0.3) is 0 Å². The van der Waals surface area contributed by atoms with Gasteiger partial charge in [-0.3, -0.25) is 9.69 Å². The van der Waals surface area contributed by atoms with Crippen molar-refractivity contribution in [2.45, 2.75) is 64.2 Å². The molecular weight excluding hydrogens is 350 g/mol. The van der Waals surface area contributed by atoms with Gasteiger partial charge >= 0.3 is 0 Å². The van der Waals surface area contributed by atoms with Gasteiger partial charge in [0.1, 0.15) is 0 Å². The van der Waals surface area contributed by atoms with Gasteiger partial charge in [-0.1, -0.05) is 38.5 Å². The molecule has 1 aromatic rings. The quantitative estimate of drug-likeness (QED) is 0.674. The van der Waals surface area contributed by atoms with Crippen LogP contribution in [0.25, 0.3) is 0 Å². The van der Waals surface area contributed by atoms with Gasteiger partial charge in [0, 0.05) is 18.0 Å². The molecule has 0 saturated heterocycles. The standard InChI is InChI=1S/C19H33N3O3S/c23-13-11-22(12-14-24)15-18(25)21-19-20-16-9-7-5-3-1-2-4-6-8-10-17(16)26-19/h23-24H,1-15H2,(H,20,21,25). The summed E-state index contributed by atoms with van der Waals surface area (Å²) < 4.78 is 0. The van der Waals surface area contributed by atoms with Gasteiger partial charge in [0.05, 0.1) is 25.5 Å². The lowest BCUT2D eigenvalue weighted by Gasteiger charge is -2.18. The minimum Gasteiger partial charge on any atom is -0.395 e. The Kier molecular flexibility index (Phi) is 10.1. The van der Waals surface area contributed by atoms with Crippen molar-refractivity contribution in [3.8, 4) is 0 Å². The Morgan fingerprint density at radius 3 is 2.15 bits per heavy atom. The highest BCUT2D eigenvalue weighted by atomic mass is 32.1. The van der Waals surface area contributed by atoms with Crippen molar-refractivity contribution in [2.24, 2.45) is 0 Å². The van der Waals surface area contributed by atoms with Crippen LogP contribution in [0, 0.1) is 0 Å². The number of aliphatic hydroxyl groups is 2. The highest BCUT2D eigenvalue weighted by Gasteiger charge is 2.15. The fraction of sp³-hybridized carbons (Fsp3) is 0.789. The van der Waals surface area contributed by atoms with Crippen LogP contribution in [0.3, 0.4) is 0 Å². The van der Waals surface area contributed by atoms with Gasteiger partial charge in [-0.2, -0.15) is 0 Å². The molecule has 26 heavy (non-hydrogen) atoms. The monoisotopic (exact) mass is 383 g/mol. The topological polar surface area (TPSA) is 85.7 Å². The van der Waals surface area contributed by atoms with E-state index in [0.717, 1.165) is 18.5 Å². The van der Waals surface area contributed by atoms with Crippen molar-refractivity contribution >= 4 is 22.4 Å². The lowest BCUT2D eigenvalue weighted by Crippen LogP contribution is -2.37. The second-order valence-electron chi connectivity index (χ2n) is 6.99. The molecular formula is C19H33N3O3S. The Labute approximate surface area is 160 Å². The van der Waals surface area contributed by atoms with E-state index in [1.165, 1.54) is 56.2 Å². The third-order valence-electron chi connectivity index (χ3n) is 4.79. The summed E-state index contributed by atoms with van der Waals surface area (Å²) in [5.74, 6) is -0.142. The molecule has 1 aliphatic carbocycles. The number of hydrogen-bond acceptors (Lipinski definition) is 6. The molecule has 0 saturated carbocycles. The first-order valence-corrected chi connectivity index (χ1v) is 10.8. The summed E-state index contributed by atoms with van der Waals surface area (Å²) in [7, 11) is 0. The number of hydrogen-bond donors (Lipinski definition) is 3. The maximum absolute atomic E-state index is 12.3. The molecule has 0 aliphatic heterocycles. The van der Waals surface area contributed by atoms with E-state index in [1.54, 1.807) is 16.2 Å². The number of amides is 1. The van der Waals surface area contributed by atoms with E-state index in [9.17, 15) is 4.79 Å². The normalized spacial score (nSPS) is 16.6. The molecule has 0 atom stereocenters. The summed E-state index contributed by atoms with van der Waals surface area (Å²) in [6.45, 7) is 0.855. The van der Waals surface area contributed by atoms with Crippen LogP contribution < -0.4 is 5.32 Å². The van der Waals surface area contributed by atoms with E-state index < -0.39 is 0 Å². The highest BCUT2D eigenvalue weighted by Crippen LogP contribution is 2.27. The van der Waals surface area contributed by atoms with Gasteiger partial charge in [0.15, 0.2) is 5.13 Å². The Morgan fingerprint density at radius 2 is 1.54 bits per heavy atom. The van der Waals surface area contributed by atoms with Gasteiger partial charge in [-0.05, 0) is 25.7 Å². The van der Waals surface area contributed by atoms with Gasteiger partial charge in [0.2, 0.25) is 5.91 Å². The lowest BCUT2D eigenvalue weighted by atomic mass is 10.0. The molecule has 0 bridgehead atoms. The summed E-state index contributed by atoms with van der Waals surface area (Å²) in [6, 6.07) is 0. The van der Waals surface area contributed by atoms with Crippen molar-refractivity contribution in [1.82, 2.24) is 9.88 Å². The maximum Gasteiger partial charge on any atom is 0.240 e. The van der Waals surface area contributed by atoms with E-state index in [4.69, 9.17) is 10.2 Å². The third-order valence-corrected chi connectivity index (χ3v) is 5.86. The Hall–Kier alpha value is -1.02. The number of aliphatic hydroxyl groups excluding tert-OH is 2. The first-order valence-electron chi connectivity index (χ1n) is 9.95. The zero-order valence-corrected chi connectivity index (χ0v) is 16.5. The fourth-order valence-corrected chi connectivity index (χ4v) is 4.45. The Bertz CT molecular complexity index is 501. The number of nitrogens with one attached hydrogen (secondary N) is 1. The molecule has 3 N–H and O–H groups in total. The lowest BCUT2D eigenvalue weighted by molar-refractivity contribution is -0.117. The number of carbonyl (C=O) groups excluding carboxylic acids is 1. The van der Waals surface area contributed by atoms with E-state index in [-0.39, 0.29) is 25.7 Å². The van der Waals surface area contributed by atoms with Crippen LogP contribution in [0.2, 0.25) is 0 Å². The summed E-state index contributed by atoms with van der Waals surface area (Å²) in [5.41, 5.74) is 1.16. The molecule has 1 heterocycles. The molecule has 1 amide bonds. The minimum absolute atomic E-state index is 0.0289.